The number of rotatable bonds is 5. The topological polar surface area (TPSA) is 105 Å². The van der Waals surface area contributed by atoms with Gasteiger partial charge in [-0.2, -0.15) is 0 Å². The SMILES string of the molecule is COc1cccc(C2/C(=C(\O)c3cc(C)cc(C)c3OC)C(=O)C(=O)N2c2nc3cc(F)c(F)cc3[nH]2)c1. The van der Waals surface area contributed by atoms with E-state index in [4.69, 9.17) is 9.47 Å². The molecule has 194 valence electrons. The zero-order valence-corrected chi connectivity index (χ0v) is 20.9. The molecule has 1 amide bonds. The number of aromatic amines is 1. The number of halogens is 2. The summed E-state index contributed by atoms with van der Waals surface area (Å²) in [5.74, 6) is -3.91. The molecule has 1 aromatic heterocycles. The molecule has 1 aliphatic rings. The number of nitrogens with one attached hydrogen (secondary N) is 1. The third-order valence-electron chi connectivity index (χ3n) is 6.47. The summed E-state index contributed by atoms with van der Waals surface area (Å²) in [6.07, 6.45) is 0. The molecule has 1 saturated heterocycles. The number of benzene rings is 3. The Morgan fingerprint density at radius 1 is 1.03 bits per heavy atom. The first-order valence-electron chi connectivity index (χ1n) is 11.6. The zero-order valence-electron chi connectivity index (χ0n) is 20.9. The molecular formula is C28H23F2N3O5. The van der Waals surface area contributed by atoms with Crippen LogP contribution < -0.4 is 14.4 Å². The van der Waals surface area contributed by atoms with Gasteiger partial charge in [0.15, 0.2) is 11.6 Å². The number of fused-ring (bicyclic) bond motifs is 1. The average molecular weight is 520 g/mol. The van der Waals surface area contributed by atoms with E-state index in [1.165, 1.54) is 14.2 Å². The van der Waals surface area contributed by atoms with Gasteiger partial charge in [0.1, 0.15) is 17.3 Å². The molecule has 0 aliphatic carbocycles. The lowest BCUT2D eigenvalue weighted by molar-refractivity contribution is -0.132. The summed E-state index contributed by atoms with van der Waals surface area (Å²) in [6.45, 7) is 3.63. The number of aliphatic hydroxyl groups excluding tert-OH is 1. The van der Waals surface area contributed by atoms with E-state index in [1.54, 1.807) is 37.3 Å². The number of imidazole rings is 1. The zero-order chi connectivity index (χ0) is 27.3. The smallest absolute Gasteiger partial charge is 0.302 e. The largest absolute Gasteiger partial charge is 0.507 e. The van der Waals surface area contributed by atoms with Crippen LogP contribution in [-0.4, -0.2) is 41.0 Å². The number of methoxy groups -OCH3 is 2. The van der Waals surface area contributed by atoms with Crippen LogP contribution in [0.2, 0.25) is 0 Å². The molecule has 1 atom stereocenters. The molecule has 38 heavy (non-hydrogen) atoms. The maximum absolute atomic E-state index is 13.9. The van der Waals surface area contributed by atoms with E-state index >= 15 is 0 Å². The van der Waals surface area contributed by atoms with Crippen molar-refractivity contribution < 1.29 is 33.0 Å². The van der Waals surface area contributed by atoms with Crippen LogP contribution in [0.15, 0.2) is 54.1 Å². The summed E-state index contributed by atoms with van der Waals surface area (Å²) in [4.78, 5) is 35.1. The highest BCUT2D eigenvalue weighted by atomic mass is 19.2. The summed E-state index contributed by atoms with van der Waals surface area (Å²) in [6, 6.07) is 10.8. The number of carbonyl (C=O) groups excluding carboxylic acids is 2. The van der Waals surface area contributed by atoms with Crippen molar-refractivity contribution in [3.8, 4) is 11.5 Å². The Labute approximate surface area is 216 Å². The lowest BCUT2D eigenvalue weighted by Gasteiger charge is -2.23. The monoisotopic (exact) mass is 519 g/mol. The van der Waals surface area contributed by atoms with E-state index in [2.05, 4.69) is 9.97 Å². The Bertz CT molecular complexity index is 1620. The summed E-state index contributed by atoms with van der Waals surface area (Å²) < 4.78 is 38.6. The van der Waals surface area contributed by atoms with Crippen LogP contribution in [0.3, 0.4) is 0 Å². The van der Waals surface area contributed by atoms with Crippen molar-refractivity contribution in [3.63, 3.8) is 0 Å². The summed E-state index contributed by atoms with van der Waals surface area (Å²) in [5, 5.41) is 11.5. The molecule has 0 spiro atoms. The second-order valence-corrected chi connectivity index (χ2v) is 8.95. The molecule has 8 nitrogen and oxygen atoms in total. The molecular weight excluding hydrogens is 496 g/mol. The van der Waals surface area contributed by atoms with Gasteiger partial charge < -0.3 is 19.6 Å². The molecule has 3 aromatic carbocycles. The number of nitrogens with zero attached hydrogens (tertiary/aromatic N) is 2. The van der Waals surface area contributed by atoms with Crippen molar-refractivity contribution in [2.24, 2.45) is 0 Å². The average Bonchev–Trinajstić information content (AvgIpc) is 3.40. The lowest BCUT2D eigenvalue weighted by atomic mass is 9.93. The van der Waals surface area contributed by atoms with Gasteiger partial charge in [-0.3, -0.25) is 14.5 Å². The molecule has 5 rings (SSSR count). The van der Waals surface area contributed by atoms with E-state index in [0.717, 1.165) is 28.2 Å². The minimum atomic E-state index is -1.15. The van der Waals surface area contributed by atoms with Crippen molar-refractivity contribution in [3.05, 3.63) is 88.0 Å². The van der Waals surface area contributed by atoms with Crippen LogP contribution in [0.5, 0.6) is 11.5 Å². The molecule has 1 aliphatic heterocycles. The normalized spacial score (nSPS) is 16.9. The fourth-order valence-electron chi connectivity index (χ4n) is 4.83. The lowest BCUT2D eigenvalue weighted by Crippen LogP contribution is -2.30. The van der Waals surface area contributed by atoms with Crippen LogP contribution in [-0.2, 0) is 9.59 Å². The highest BCUT2D eigenvalue weighted by molar-refractivity contribution is 6.51. The predicted molar refractivity (Wildman–Crippen MR) is 136 cm³/mol. The molecule has 1 fully saturated rings. The number of aliphatic hydroxyl groups is 1. The molecule has 0 saturated carbocycles. The number of Topliss-reactive ketones (excluding diaryl/α,β-unsaturated/α-hetero) is 1. The number of hydrogen-bond acceptors (Lipinski definition) is 6. The van der Waals surface area contributed by atoms with Crippen molar-refractivity contribution in [2.45, 2.75) is 19.9 Å². The first-order chi connectivity index (χ1) is 18.1. The Morgan fingerprint density at radius 3 is 2.47 bits per heavy atom. The van der Waals surface area contributed by atoms with Crippen molar-refractivity contribution in [2.75, 3.05) is 19.1 Å². The number of anilines is 1. The third kappa shape index (κ3) is 3.94. The maximum Gasteiger partial charge on any atom is 0.302 e. The third-order valence-corrected chi connectivity index (χ3v) is 6.47. The predicted octanol–water partition coefficient (Wildman–Crippen LogP) is 5.10. The first-order valence-corrected chi connectivity index (χ1v) is 11.6. The molecule has 2 N–H and O–H groups in total. The maximum atomic E-state index is 13.9. The van der Waals surface area contributed by atoms with Crippen molar-refractivity contribution in [1.29, 1.82) is 0 Å². The van der Waals surface area contributed by atoms with Gasteiger partial charge in [-0.05, 0) is 48.7 Å². The summed E-state index contributed by atoms with van der Waals surface area (Å²) >= 11 is 0. The fourth-order valence-corrected chi connectivity index (χ4v) is 4.83. The number of aryl methyl sites for hydroxylation is 2. The van der Waals surface area contributed by atoms with E-state index in [9.17, 15) is 23.5 Å². The first kappa shape index (κ1) is 24.9. The van der Waals surface area contributed by atoms with E-state index < -0.39 is 35.1 Å². The van der Waals surface area contributed by atoms with Gasteiger partial charge in [0, 0.05) is 12.1 Å². The standard InChI is InChI=1S/C28H23F2N3O5/c1-13-8-14(2)26(38-4)17(9-13)24(34)22-23(15-6-5-7-16(10-15)37-3)33(27(36)25(22)35)28-31-20-11-18(29)19(30)12-21(20)32-28/h5-12,23,34H,1-4H3,(H,31,32)/b24-22+. The van der Waals surface area contributed by atoms with Crippen molar-refractivity contribution >= 4 is 34.4 Å². The number of H-pyrrole nitrogens is 1. The molecule has 10 heteroatoms. The quantitative estimate of drug-likeness (QED) is 0.216. The van der Waals surface area contributed by atoms with E-state index in [1.807, 2.05) is 13.0 Å². The fraction of sp³-hybridized carbons (Fsp3) is 0.179. The second-order valence-electron chi connectivity index (χ2n) is 8.95. The van der Waals surface area contributed by atoms with Gasteiger partial charge in [0.2, 0.25) is 5.95 Å². The van der Waals surface area contributed by atoms with Gasteiger partial charge in [0.05, 0.1) is 42.4 Å². The molecule has 2 heterocycles. The minimum absolute atomic E-state index is 0.0566. The van der Waals surface area contributed by atoms with Gasteiger partial charge in [-0.15, -0.1) is 0 Å². The Hall–Kier alpha value is -4.73. The highest BCUT2D eigenvalue weighted by Gasteiger charge is 2.48. The number of ether oxygens (including phenoxy) is 2. The number of amides is 1. The van der Waals surface area contributed by atoms with Gasteiger partial charge in [0.25, 0.3) is 5.78 Å². The van der Waals surface area contributed by atoms with Crippen LogP contribution in [0.25, 0.3) is 16.8 Å². The van der Waals surface area contributed by atoms with E-state index in [0.29, 0.717) is 17.1 Å². The van der Waals surface area contributed by atoms with Crippen LogP contribution >= 0.6 is 0 Å². The number of aromatic nitrogens is 2. The van der Waals surface area contributed by atoms with Gasteiger partial charge in [-0.1, -0.05) is 18.2 Å². The highest BCUT2D eigenvalue weighted by Crippen LogP contribution is 2.44. The summed E-state index contributed by atoms with van der Waals surface area (Å²) in [7, 11) is 2.91. The number of carbonyl (C=O) groups is 2. The Balaban J connectivity index is 1.79. The number of hydrogen-bond donors (Lipinski definition) is 2. The molecule has 4 aromatic rings. The Morgan fingerprint density at radius 2 is 1.76 bits per heavy atom. The minimum Gasteiger partial charge on any atom is -0.507 e. The van der Waals surface area contributed by atoms with Crippen LogP contribution in [0, 0.1) is 25.5 Å². The van der Waals surface area contributed by atoms with Crippen LogP contribution in [0.1, 0.15) is 28.3 Å². The summed E-state index contributed by atoms with van der Waals surface area (Å²) in [5.41, 5.74) is 2.18. The number of ketones is 1. The molecule has 1 unspecified atom stereocenters. The second kappa shape index (κ2) is 9.29. The van der Waals surface area contributed by atoms with Gasteiger partial charge in [-0.25, -0.2) is 13.8 Å². The van der Waals surface area contributed by atoms with Gasteiger partial charge >= 0.3 is 5.91 Å². The molecule has 0 radical (unpaired) electrons. The van der Waals surface area contributed by atoms with Crippen molar-refractivity contribution in [1.82, 2.24) is 9.97 Å². The Kier molecular flexibility index (Phi) is 6.10. The van der Waals surface area contributed by atoms with E-state index in [-0.39, 0.29) is 28.1 Å². The molecule has 0 bridgehead atoms. The van der Waals surface area contributed by atoms with Crippen LogP contribution in [0.4, 0.5) is 14.7 Å².